The SMILES string of the molecule is CCOc1ccc(C(N)CC(C)=O)cc1F. The van der Waals surface area contributed by atoms with E-state index >= 15 is 0 Å². The first kappa shape index (κ1) is 12.6. The molecule has 0 radical (unpaired) electrons. The number of hydrogen-bond acceptors (Lipinski definition) is 3. The Hall–Kier alpha value is -1.42. The van der Waals surface area contributed by atoms with Gasteiger partial charge in [-0.1, -0.05) is 6.07 Å². The maximum absolute atomic E-state index is 13.5. The molecule has 2 N–H and O–H groups in total. The molecule has 0 aliphatic rings. The Labute approximate surface area is 94.4 Å². The fourth-order valence-corrected chi connectivity index (χ4v) is 1.45. The predicted octanol–water partition coefficient (Wildman–Crippen LogP) is 2.20. The summed E-state index contributed by atoms with van der Waals surface area (Å²) in [7, 11) is 0. The van der Waals surface area contributed by atoms with Gasteiger partial charge in [0.1, 0.15) is 5.78 Å². The van der Waals surface area contributed by atoms with Crippen LogP contribution in [-0.4, -0.2) is 12.4 Å². The summed E-state index contributed by atoms with van der Waals surface area (Å²) in [6.07, 6.45) is 0.216. The minimum absolute atomic E-state index is 0.0122. The fraction of sp³-hybridized carbons (Fsp3) is 0.417. The fourth-order valence-electron chi connectivity index (χ4n) is 1.45. The van der Waals surface area contributed by atoms with Gasteiger partial charge in [-0.25, -0.2) is 4.39 Å². The van der Waals surface area contributed by atoms with Gasteiger partial charge >= 0.3 is 0 Å². The minimum atomic E-state index is -0.456. The molecule has 0 aromatic heterocycles. The number of ether oxygens (including phenoxy) is 1. The second kappa shape index (κ2) is 5.61. The Morgan fingerprint density at radius 1 is 1.56 bits per heavy atom. The Bertz CT molecular complexity index is 379. The second-order valence-corrected chi connectivity index (χ2v) is 3.64. The predicted molar refractivity (Wildman–Crippen MR) is 59.8 cm³/mol. The van der Waals surface area contributed by atoms with Gasteiger partial charge in [-0.15, -0.1) is 0 Å². The molecule has 1 unspecified atom stereocenters. The van der Waals surface area contributed by atoms with E-state index in [0.29, 0.717) is 12.2 Å². The van der Waals surface area contributed by atoms with Crippen molar-refractivity contribution < 1.29 is 13.9 Å². The first-order chi connectivity index (χ1) is 7.54. The third-order valence-electron chi connectivity index (χ3n) is 2.19. The topological polar surface area (TPSA) is 52.3 Å². The van der Waals surface area contributed by atoms with Crippen LogP contribution < -0.4 is 10.5 Å². The molecule has 1 aromatic rings. The molecule has 0 saturated carbocycles. The van der Waals surface area contributed by atoms with E-state index in [1.54, 1.807) is 13.0 Å². The summed E-state index contributed by atoms with van der Waals surface area (Å²) in [5, 5.41) is 0. The van der Waals surface area contributed by atoms with Gasteiger partial charge in [0.25, 0.3) is 0 Å². The number of rotatable bonds is 5. The number of benzene rings is 1. The lowest BCUT2D eigenvalue weighted by Crippen LogP contribution is -2.14. The largest absolute Gasteiger partial charge is 0.491 e. The Morgan fingerprint density at radius 2 is 2.25 bits per heavy atom. The quantitative estimate of drug-likeness (QED) is 0.835. The summed E-state index contributed by atoms with van der Waals surface area (Å²) < 4.78 is 18.5. The van der Waals surface area contributed by atoms with Gasteiger partial charge in [-0.3, -0.25) is 4.79 Å². The number of hydrogen-bond donors (Lipinski definition) is 1. The molecule has 0 fully saturated rings. The van der Waals surface area contributed by atoms with Crippen molar-refractivity contribution in [1.29, 1.82) is 0 Å². The zero-order valence-corrected chi connectivity index (χ0v) is 9.50. The highest BCUT2D eigenvalue weighted by Gasteiger charge is 2.11. The van der Waals surface area contributed by atoms with Gasteiger partial charge in [-0.05, 0) is 31.5 Å². The Morgan fingerprint density at radius 3 is 2.75 bits per heavy atom. The zero-order valence-electron chi connectivity index (χ0n) is 9.50. The number of carbonyl (C=O) groups excluding carboxylic acids is 1. The van der Waals surface area contributed by atoms with Crippen LogP contribution in [0, 0.1) is 5.82 Å². The smallest absolute Gasteiger partial charge is 0.165 e. The highest BCUT2D eigenvalue weighted by Crippen LogP contribution is 2.22. The van der Waals surface area contributed by atoms with Crippen LogP contribution in [0.4, 0.5) is 4.39 Å². The van der Waals surface area contributed by atoms with Gasteiger partial charge in [-0.2, -0.15) is 0 Å². The Balaban J connectivity index is 2.83. The molecule has 1 rings (SSSR count). The first-order valence-electron chi connectivity index (χ1n) is 5.21. The molecular formula is C12H16FNO2. The molecule has 1 atom stereocenters. The average molecular weight is 225 g/mol. The first-order valence-corrected chi connectivity index (χ1v) is 5.21. The van der Waals surface area contributed by atoms with Crippen molar-refractivity contribution in [3.8, 4) is 5.75 Å². The van der Waals surface area contributed by atoms with Crippen molar-refractivity contribution >= 4 is 5.78 Å². The van der Waals surface area contributed by atoms with E-state index in [1.165, 1.54) is 19.1 Å². The standard InChI is InChI=1S/C12H16FNO2/c1-3-16-12-5-4-9(7-10(12)13)11(14)6-8(2)15/h4-5,7,11H,3,6,14H2,1-2H3. The van der Waals surface area contributed by atoms with Crippen LogP contribution in [0.15, 0.2) is 18.2 Å². The van der Waals surface area contributed by atoms with E-state index in [-0.39, 0.29) is 18.0 Å². The molecule has 0 heterocycles. The number of Topliss-reactive ketones (excluding diaryl/α,β-unsaturated/α-hetero) is 1. The van der Waals surface area contributed by atoms with E-state index in [2.05, 4.69) is 0 Å². The second-order valence-electron chi connectivity index (χ2n) is 3.64. The maximum atomic E-state index is 13.5. The van der Waals surface area contributed by atoms with Crippen LogP contribution in [0.25, 0.3) is 0 Å². The van der Waals surface area contributed by atoms with Crippen molar-refractivity contribution in [2.45, 2.75) is 26.3 Å². The van der Waals surface area contributed by atoms with Crippen molar-refractivity contribution in [1.82, 2.24) is 0 Å². The summed E-state index contributed by atoms with van der Waals surface area (Å²) in [5.41, 5.74) is 6.37. The minimum Gasteiger partial charge on any atom is -0.491 e. The van der Waals surface area contributed by atoms with Crippen LogP contribution in [0.1, 0.15) is 31.9 Å². The molecule has 1 aromatic carbocycles. The molecule has 3 nitrogen and oxygen atoms in total. The maximum Gasteiger partial charge on any atom is 0.165 e. The summed E-state index contributed by atoms with van der Waals surface area (Å²) in [6.45, 7) is 3.66. The highest BCUT2D eigenvalue weighted by atomic mass is 19.1. The van der Waals surface area contributed by atoms with Gasteiger partial charge < -0.3 is 10.5 Å². The van der Waals surface area contributed by atoms with Crippen LogP contribution >= 0.6 is 0 Å². The van der Waals surface area contributed by atoms with Crippen molar-refractivity contribution in [3.05, 3.63) is 29.6 Å². The lowest BCUT2D eigenvalue weighted by molar-refractivity contribution is -0.117. The van der Waals surface area contributed by atoms with Crippen molar-refractivity contribution in [2.24, 2.45) is 5.73 Å². The molecule has 0 aliphatic carbocycles. The number of halogens is 1. The lowest BCUT2D eigenvalue weighted by atomic mass is 10.0. The third kappa shape index (κ3) is 3.31. The van der Waals surface area contributed by atoms with Crippen molar-refractivity contribution in [2.75, 3.05) is 6.61 Å². The zero-order chi connectivity index (χ0) is 12.1. The molecule has 4 heteroatoms. The number of nitrogens with two attached hydrogens (primary N) is 1. The van der Waals surface area contributed by atoms with Gasteiger partial charge in [0.15, 0.2) is 11.6 Å². The molecule has 0 saturated heterocycles. The summed E-state index contributed by atoms with van der Waals surface area (Å²) in [6, 6.07) is 4.08. The summed E-state index contributed by atoms with van der Waals surface area (Å²) in [5.74, 6) is -0.249. The highest BCUT2D eigenvalue weighted by molar-refractivity contribution is 5.76. The van der Waals surface area contributed by atoms with Crippen LogP contribution in [0.3, 0.4) is 0 Å². The summed E-state index contributed by atoms with van der Waals surface area (Å²) in [4.78, 5) is 10.9. The monoisotopic (exact) mass is 225 g/mol. The van der Waals surface area contributed by atoms with Gasteiger partial charge in [0.05, 0.1) is 6.61 Å². The number of ketones is 1. The molecule has 0 amide bonds. The van der Waals surface area contributed by atoms with Crippen molar-refractivity contribution in [3.63, 3.8) is 0 Å². The van der Waals surface area contributed by atoms with Crippen LogP contribution in [0.2, 0.25) is 0 Å². The summed E-state index contributed by atoms with van der Waals surface area (Å²) >= 11 is 0. The normalized spacial score (nSPS) is 12.2. The third-order valence-corrected chi connectivity index (χ3v) is 2.19. The molecule has 0 aliphatic heterocycles. The molecule has 88 valence electrons. The van der Waals surface area contributed by atoms with E-state index in [0.717, 1.165) is 0 Å². The van der Waals surface area contributed by atoms with E-state index in [4.69, 9.17) is 10.5 Å². The molecular weight excluding hydrogens is 209 g/mol. The van der Waals surface area contributed by atoms with Crippen LogP contribution in [0.5, 0.6) is 5.75 Å². The van der Waals surface area contributed by atoms with E-state index in [9.17, 15) is 9.18 Å². The van der Waals surface area contributed by atoms with Gasteiger partial charge in [0.2, 0.25) is 0 Å². The molecule has 16 heavy (non-hydrogen) atoms. The molecule has 0 spiro atoms. The number of carbonyl (C=O) groups is 1. The van der Waals surface area contributed by atoms with E-state index in [1.807, 2.05) is 0 Å². The van der Waals surface area contributed by atoms with Crippen LogP contribution in [-0.2, 0) is 4.79 Å². The lowest BCUT2D eigenvalue weighted by Gasteiger charge is -2.11. The average Bonchev–Trinajstić information content (AvgIpc) is 2.20. The van der Waals surface area contributed by atoms with Gasteiger partial charge in [0, 0.05) is 12.5 Å². The molecule has 0 bridgehead atoms. The Kier molecular flexibility index (Phi) is 4.43. The van der Waals surface area contributed by atoms with E-state index < -0.39 is 11.9 Å².